The molecule has 1 aliphatic heterocycles. The number of hydrogen-bond acceptors (Lipinski definition) is 4. The Kier molecular flexibility index (Phi) is 9.90. The fraction of sp³-hybridized carbons (Fsp3) is 0.290. The van der Waals surface area contributed by atoms with Gasteiger partial charge < -0.3 is 9.64 Å². The van der Waals surface area contributed by atoms with Crippen LogP contribution in [0.4, 0.5) is 0 Å². The molecule has 0 radical (unpaired) electrons. The van der Waals surface area contributed by atoms with E-state index in [1.165, 1.54) is 6.07 Å². The summed E-state index contributed by atoms with van der Waals surface area (Å²) in [6.45, 7) is 12.0. The lowest BCUT2D eigenvalue weighted by Crippen LogP contribution is -2.61. The van der Waals surface area contributed by atoms with Gasteiger partial charge in [0, 0.05) is 19.3 Å². The summed E-state index contributed by atoms with van der Waals surface area (Å²) < 4.78 is 7.81. The molecule has 0 bridgehead atoms. The van der Waals surface area contributed by atoms with Crippen LogP contribution in [0.5, 0.6) is 5.75 Å². The summed E-state index contributed by atoms with van der Waals surface area (Å²) in [7, 11) is 1.78. The third-order valence-corrected chi connectivity index (χ3v) is 6.31. The van der Waals surface area contributed by atoms with Gasteiger partial charge in [0.1, 0.15) is 12.8 Å². The molecule has 6 nitrogen and oxygen atoms in total. The van der Waals surface area contributed by atoms with Crippen molar-refractivity contribution in [3.8, 4) is 5.75 Å². The first kappa shape index (κ1) is 27.5. The highest BCUT2D eigenvalue weighted by Crippen LogP contribution is 2.34. The van der Waals surface area contributed by atoms with Gasteiger partial charge in [-0.2, -0.15) is 0 Å². The van der Waals surface area contributed by atoms with Crippen molar-refractivity contribution < 1.29 is 9.53 Å². The lowest BCUT2D eigenvalue weighted by atomic mass is 10.0. The van der Waals surface area contributed by atoms with E-state index >= 15 is 0 Å². The van der Waals surface area contributed by atoms with Crippen molar-refractivity contribution in [3.05, 3.63) is 125 Å². The fourth-order valence-electron chi connectivity index (χ4n) is 4.57. The predicted molar refractivity (Wildman–Crippen MR) is 150 cm³/mol. The Morgan fingerprint density at radius 2 is 1.59 bits per heavy atom. The van der Waals surface area contributed by atoms with Crippen molar-refractivity contribution in [2.75, 3.05) is 12.1 Å². The summed E-state index contributed by atoms with van der Waals surface area (Å²) in [6, 6.07) is 21.1. The van der Waals surface area contributed by atoms with E-state index in [-0.39, 0.29) is 41.6 Å². The number of fused-ring (bicyclic) bond motifs is 1. The second-order valence-electron chi connectivity index (χ2n) is 8.57. The lowest BCUT2D eigenvalue weighted by Gasteiger charge is -2.49. The number of hydrogen-bond donors (Lipinski definition) is 0. The SMILES string of the molecule is C=CCCC1N(C)C(=O)c2c(OCc3ccccc3)c(=O)ccn2N1C(CC=C)c1ccccc1.CC. The van der Waals surface area contributed by atoms with Gasteiger partial charge in [0.2, 0.25) is 5.43 Å². The minimum atomic E-state index is -0.321. The third-order valence-electron chi connectivity index (χ3n) is 6.31. The molecular formula is C31H37N3O3. The number of aromatic nitrogens is 1. The first-order valence-electron chi connectivity index (χ1n) is 12.8. The van der Waals surface area contributed by atoms with E-state index in [1.807, 2.05) is 74.5 Å². The molecule has 2 unspecified atom stereocenters. The topological polar surface area (TPSA) is 54.8 Å². The molecule has 0 saturated carbocycles. The zero-order valence-corrected chi connectivity index (χ0v) is 22.0. The van der Waals surface area contributed by atoms with E-state index in [0.29, 0.717) is 12.8 Å². The third kappa shape index (κ3) is 6.02. The smallest absolute Gasteiger partial charge is 0.277 e. The minimum absolute atomic E-state index is 0.0609. The van der Waals surface area contributed by atoms with E-state index < -0.39 is 0 Å². The number of benzene rings is 2. The molecule has 3 aromatic rings. The van der Waals surface area contributed by atoms with Crippen molar-refractivity contribution in [1.82, 2.24) is 9.58 Å². The van der Waals surface area contributed by atoms with Crippen molar-refractivity contribution in [3.63, 3.8) is 0 Å². The van der Waals surface area contributed by atoms with Gasteiger partial charge in [-0.3, -0.25) is 19.3 Å². The molecule has 0 aliphatic carbocycles. The normalized spacial score (nSPS) is 15.2. The number of carbonyl (C=O) groups excluding carboxylic acids is 1. The highest BCUT2D eigenvalue weighted by atomic mass is 16.5. The standard InChI is InChI=1S/C29H31N3O3.C2H6/c1-4-6-18-26-30(3)29(34)27-28(35-21-22-14-9-7-10-15-22)25(33)19-20-31(27)32(26)24(13-5-2)23-16-11-8-12-17-23;1-2/h4-5,7-12,14-17,19-20,24,26H,1-2,6,13,18,21H2,3H3;1-2H3. The Morgan fingerprint density at radius 3 is 2.22 bits per heavy atom. The zero-order valence-electron chi connectivity index (χ0n) is 22.0. The molecule has 6 heteroatoms. The summed E-state index contributed by atoms with van der Waals surface area (Å²) in [5.74, 6) is -0.188. The largest absolute Gasteiger partial charge is 0.482 e. The number of carbonyl (C=O) groups is 1. The van der Waals surface area contributed by atoms with Gasteiger partial charge in [0.15, 0.2) is 11.4 Å². The molecule has 2 heterocycles. The molecule has 37 heavy (non-hydrogen) atoms. The Bertz CT molecular complexity index is 1240. The molecule has 1 aromatic heterocycles. The van der Waals surface area contributed by atoms with Gasteiger partial charge in [0.05, 0.1) is 6.04 Å². The van der Waals surface area contributed by atoms with Gasteiger partial charge in [0.25, 0.3) is 5.91 Å². The van der Waals surface area contributed by atoms with Gasteiger partial charge in [-0.1, -0.05) is 86.7 Å². The van der Waals surface area contributed by atoms with E-state index in [1.54, 1.807) is 22.8 Å². The van der Waals surface area contributed by atoms with Crippen molar-refractivity contribution in [1.29, 1.82) is 0 Å². The van der Waals surface area contributed by atoms with Crippen LogP contribution in [0.25, 0.3) is 0 Å². The Morgan fingerprint density at radius 1 is 0.946 bits per heavy atom. The average Bonchev–Trinajstić information content (AvgIpc) is 2.94. The van der Waals surface area contributed by atoms with E-state index in [2.05, 4.69) is 30.3 Å². The second kappa shape index (κ2) is 13.3. The van der Waals surface area contributed by atoms with Crippen LogP contribution in [-0.2, 0) is 6.61 Å². The molecule has 2 aromatic carbocycles. The summed E-state index contributed by atoms with van der Waals surface area (Å²) in [5, 5.41) is 2.16. The number of pyridine rings is 1. The highest BCUT2D eigenvalue weighted by molar-refractivity contribution is 5.96. The maximum absolute atomic E-state index is 13.7. The molecule has 194 valence electrons. The zero-order chi connectivity index (χ0) is 26.8. The fourth-order valence-corrected chi connectivity index (χ4v) is 4.57. The molecule has 1 aliphatic rings. The quantitative estimate of drug-likeness (QED) is 0.317. The van der Waals surface area contributed by atoms with Gasteiger partial charge in [-0.15, -0.1) is 13.2 Å². The monoisotopic (exact) mass is 499 g/mol. The van der Waals surface area contributed by atoms with Gasteiger partial charge in [-0.05, 0) is 30.4 Å². The van der Waals surface area contributed by atoms with Crippen LogP contribution in [0.3, 0.4) is 0 Å². The first-order valence-corrected chi connectivity index (χ1v) is 12.8. The van der Waals surface area contributed by atoms with E-state index in [9.17, 15) is 9.59 Å². The van der Waals surface area contributed by atoms with Crippen LogP contribution in [0, 0.1) is 0 Å². The number of allylic oxidation sites excluding steroid dienone is 1. The summed E-state index contributed by atoms with van der Waals surface area (Å²) in [6.07, 6.45) is 7.26. The number of amides is 1. The van der Waals surface area contributed by atoms with Crippen molar-refractivity contribution >= 4 is 5.91 Å². The van der Waals surface area contributed by atoms with E-state index in [0.717, 1.165) is 17.5 Å². The second-order valence-corrected chi connectivity index (χ2v) is 8.57. The van der Waals surface area contributed by atoms with Crippen LogP contribution >= 0.6 is 0 Å². The Labute approximate surface area is 220 Å². The van der Waals surface area contributed by atoms with Crippen LogP contribution in [0.2, 0.25) is 0 Å². The summed E-state index contributed by atoms with van der Waals surface area (Å²) in [4.78, 5) is 28.3. The van der Waals surface area contributed by atoms with Crippen LogP contribution in [0.15, 0.2) is 103 Å². The number of rotatable bonds is 10. The summed E-state index contributed by atoms with van der Waals surface area (Å²) in [5.41, 5.74) is 1.92. The Balaban J connectivity index is 0.00000186. The van der Waals surface area contributed by atoms with Crippen LogP contribution < -0.4 is 15.2 Å². The highest BCUT2D eigenvalue weighted by Gasteiger charge is 2.40. The molecule has 0 saturated heterocycles. The Hall–Kier alpha value is -4.06. The molecule has 0 N–H and O–H groups in total. The predicted octanol–water partition coefficient (Wildman–Crippen LogP) is 6.09. The maximum atomic E-state index is 13.7. The molecular weight excluding hydrogens is 462 g/mol. The van der Waals surface area contributed by atoms with Crippen LogP contribution in [0.1, 0.15) is 60.8 Å². The minimum Gasteiger partial charge on any atom is -0.482 e. The molecule has 1 amide bonds. The van der Waals surface area contributed by atoms with E-state index in [4.69, 9.17) is 4.74 Å². The molecule has 2 atom stereocenters. The number of ether oxygens (including phenoxy) is 1. The van der Waals surface area contributed by atoms with Crippen LogP contribution in [-0.4, -0.2) is 28.7 Å². The molecule has 4 rings (SSSR count). The number of nitrogens with zero attached hydrogens (tertiary/aromatic N) is 3. The molecule has 0 fully saturated rings. The average molecular weight is 500 g/mol. The molecule has 0 spiro atoms. The summed E-state index contributed by atoms with van der Waals surface area (Å²) >= 11 is 0. The van der Waals surface area contributed by atoms with Crippen molar-refractivity contribution in [2.24, 2.45) is 0 Å². The van der Waals surface area contributed by atoms with Crippen molar-refractivity contribution in [2.45, 2.75) is 51.9 Å². The van der Waals surface area contributed by atoms with Gasteiger partial charge >= 0.3 is 0 Å². The lowest BCUT2D eigenvalue weighted by molar-refractivity contribution is 0.0596. The first-order chi connectivity index (χ1) is 18.1. The maximum Gasteiger partial charge on any atom is 0.277 e. The van der Waals surface area contributed by atoms with Gasteiger partial charge in [-0.25, -0.2) is 0 Å².